The van der Waals surface area contributed by atoms with Gasteiger partial charge in [0, 0.05) is 62.2 Å². The first-order chi connectivity index (χ1) is 12.5. The predicted molar refractivity (Wildman–Crippen MR) is 102 cm³/mol. The van der Waals surface area contributed by atoms with Gasteiger partial charge in [-0.1, -0.05) is 0 Å². The molecule has 0 saturated carbocycles. The minimum atomic E-state index is -0.168. The van der Waals surface area contributed by atoms with Gasteiger partial charge < -0.3 is 20.1 Å². The maximum absolute atomic E-state index is 12.3. The maximum atomic E-state index is 12.3. The van der Waals surface area contributed by atoms with Crippen molar-refractivity contribution < 1.29 is 4.79 Å². The lowest BCUT2D eigenvalue weighted by Gasteiger charge is -2.34. The van der Waals surface area contributed by atoms with Crippen LogP contribution in [0.2, 0.25) is 0 Å². The van der Waals surface area contributed by atoms with E-state index in [-0.39, 0.29) is 11.5 Å². The van der Waals surface area contributed by atoms with Crippen LogP contribution < -0.4 is 15.8 Å². The number of likely N-dealkylation sites (N-methyl/N-ethyl adjacent to an activating group) is 1. The van der Waals surface area contributed by atoms with Crippen LogP contribution in [0.5, 0.6) is 0 Å². The molecule has 0 aliphatic carbocycles. The molecule has 0 atom stereocenters. The normalized spacial score (nSPS) is 15.1. The number of aromatic nitrogens is 2. The summed E-state index contributed by atoms with van der Waals surface area (Å²) >= 11 is 0. The molecule has 1 aliphatic rings. The molecule has 2 heterocycles. The molecule has 138 valence electrons. The first kappa shape index (κ1) is 18.1. The molecular formula is C19H25N5O2. The van der Waals surface area contributed by atoms with Crippen LogP contribution in [0.15, 0.2) is 35.1 Å². The van der Waals surface area contributed by atoms with Gasteiger partial charge in [0.25, 0.3) is 11.5 Å². The number of aromatic amines is 1. The lowest BCUT2D eigenvalue weighted by Crippen LogP contribution is -2.44. The van der Waals surface area contributed by atoms with Crippen molar-refractivity contribution >= 4 is 11.6 Å². The van der Waals surface area contributed by atoms with Gasteiger partial charge in [0.1, 0.15) is 5.82 Å². The Balaban J connectivity index is 1.52. The zero-order chi connectivity index (χ0) is 18.5. The molecular weight excluding hydrogens is 330 g/mol. The Hall–Kier alpha value is -2.67. The molecule has 2 N–H and O–H groups in total. The van der Waals surface area contributed by atoms with Gasteiger partial charge in [0.15, 0.2) is 0 Å². The molecule has 0 radical (unpaired) electrons. The van der Waals surface area contributed by atoms with Crippen molar-refractivity contribution in [3.63, 3.8) is 0 Å². The summed E-state index contributed by atoms with van der Waals surface area (Å²) in [5, 5.41) is 2.87. The minimum Gasteiger partial charge on any atom is -0.369 e. The molecule has 1 saturated heterocycles. The van der Waals surface area contributed by atoms with Crippen LogP contribution in [0.25, 0.3) is 0 Å². The molecule has 0 bridgehead atoms. The first-order valence-corrected chi connectivity index (χ1v) is 8.90. The standard InChI is InChI=1S/C19H25N5O2/c1-14-13-18(25)22-17(21-14)7-8-20-19(26)15-3-5-16(6-4-15)24-11-9-23(2)10-12-24/h3-6,13H,7-12H2,1-2H3,(H,20,26)(H,21,22,25). The number of nitrogens with one attached hydrogen (secondary N) is 2. The molecule has 7 heteroatoms. The number of amides is 1. The summed E-state index contributed by atoms with van der Waals surface area (Å²) in [7, 11) is 2.13. The summed E-state index contributed by atoms with van der Waals surface area (Å²) in [5.41, 5.74) is 2.29. The van der Waals surface area contributed by atoms with Gasteiger partial charge in [0.2, 0.25) is 0 Å². The largest absolute Gasteiger partial charge is 0.369 e. The molecule has 1 aromatic carbocycles. The highest BCUT2D eigenvalue weighted by molar-refractivity contribution is 5.94. The van der Waals surface area contributed by atoms with Crippen LogP contribution in [0.4, 0.5) is 5.69 Å². The van der Waals surface area contributed by atoms with Crippen LogP contribution in [-0.2, 0) is 6.42 Å². The number of aryl methyl sites for hydroxylation is 1. The van der Waals surface area contributed by atoms with E-state index in [1.54, 1.807) is 6.92 Å². The third-order valence-electron chi connectivity index (χ3n) is 4.56. The van der Waals surface area contributed by atoms with Crippen LogP contribution in [0.1, 0.15) is 21.9 Å². The van der Waals surface area contributed by atoms with Gasteiger partial charge in [-0.15, -0.1) is 0 Å². The Morgan fingerprint density at radius 1 is 1.19 bits per heavy atom. The third kappa shape index (κ3) is 4.70. The fraction of sp³-hybridized carbons (Fsp3) is 0.421. The molecule has 1 fully saturated rings. The number of benzene rings is 1. The van der Waals surface area contributed by atoms with E-state index in [4.69, 9.17) is 0 Å². The average molecular weight is 355 g/mol. The van der Waals surface area contributed by atoms with Crippen LogP contribution in [0.3, 0.4) is 0 Å². The molecule has 26 heavy (non-hydrogen) atoms. The highest BCUT2D eigenvalue weighted by Gasteiger charge is 2.14. The highest BCUT2D eigenvalue weighted by Crippen LogP contribution is 2.17. The summed E-state index contributed by atoms with van der Waals surface area (Å²) in [4.78, 5) is 35.3. The summed E-state index contributed by atoms with van der Waals surface area (Å²) in [6, 6.07) is 9.16. The maximum Gasteiger partial charge on any atom is 0.251 e. The molecule has 1 aromatic heterocycles. The second-order valence-corrected chi connectivity index (χ2v) is 6.68. The van der Waals surface area contributed by atoms with Gasteiger partial charge >= 0.3 is 0 Å². The van der Waals surface area contributed by atoms with E-state index in [0.717, 1.165) is 31.9 Å². The number of piperazine rings is 1. The summed E-state index contributed by atoms with van der Waals surface area (Å²) in [6.07, 6.45) is 0.488. The van der Waals surface area contributed by atoms with Gasteiger partial charge in [-0.25, -0.2) is 4.98 Å². The van der Waals surface area contributed by atoms with E-state index in [2.05, 4.69) is 32.1 Å². The molecule has 0 spiro atoms. The summed E-state index contributed by atoms with van der Waals surface area (Å²) < 4.78 is 0. The predicted octanol–water partition coefficient (Wildman–Crippen LogP) is 0.803. The number of hydrogen-bond donors (Lipinski definition) is 2. The Kier molecular flexibility index (Phi) is 5.68. The molecule has 1 amide bonds. The van der Waals surface area contributed by atoms with Crippen molar-refractivity contribution in [2.24, 2.45) is 0 Å². The second-order valence-electron chi connectivity index (χ2n) is 6.68. The van der Waals surface area contributed by atoms with Crippen LogP contribution >= 0.6 is 0 Å². The van der Waals surface area contributed by atoms with Gasteiger partial charge in [-0.05, 0) is 38.2 Å². The molecule has 3 rings (SSSR count). The number of anilines is 1. The highest BCUT2D eigenvalue weighted by atomic mass is 16.1. The molecule has 1 aliphatic heterocycles. The SMILES string of the molecule is Cc1cc(=O)[nH]c(CCNC(=O)c2ccc(N3CCN(C)CC3)cc2)n1. The fourth-order valence-electron chi connectivity index (χ4n) is 3.04. The molecule has 0 unspecified atom stereocenters. The van der Waals surface area contributed by atoms with Gasteiger partial charge in [0.05, 0.1) is 0 Å². The summed E-state index contributed by atoms with van der Waals surface area (Å²) in [6.45, 7) is 6.31. The van der Waals surface area contributed by atoms with E-state index in [1.807, 2.05) is 24.3 Å². The zero-order valence-electron chi connectivity index (χ0n) is 15.3. The van der Waals surface area contributed by atoms with E-state index in [0.29, 0.717) is 30.0 Å². The fourth-order valence-corrected chi connectivity index (χ4v) is 3.04. The van der Waals surface area contributed by atoms with Crippen molar-refractivity contribution in [1.29, 1.82) is 0 Å². The van der Waals surface area contributed by atoms with E-state index >= 15 is 0 Å². The van der Waals surface area contributed by atoms with Crippen molar-refractivity contribution in [3.05, 3.63) is 57.8 Å². The Bertz CT molecular complexity index is 807. The number of carbonyl (C=O) groups excluding carboxylic acids is 1. The Morgan fingerprint density at radius 3 is 2.54 bits per heavy atom. The lowest BCUT2D eigenvalue weighted by molar-refractivity contribution is 0.0954. The quantitative estimate of drug-likeness (QED) is 0.829. The van der Waals surface area contributed by atoms with Crippen LogP contribution in [0, 0.1) is 6.92 Å². The first-order valence-electron chi connectivity index (χ1n) is 8.90. The molecule has 7 nitrogen and oxygen atoms in total. The molecule has 2 aromatic rings. The lowest BCUT2D eigenvalue weighted by atomic mass is 10.1. The zero-order valence-corrected chi connectivity index (χ0v) is 15.3. The number of H-pyrrole nitrogens is 1. The number of hydrogen-bond acceptors (Lipinski definition) is 5. The van der Waals surface area contributed by atoms with Crippen LogP contribution in [-0.4, -0.2) is 60.5 Å². The Labute approximate surface area is 153 Å². The van der Waals surface area contributed by atoms with E-state index in [1.165, 1.54) is 6.07 Å². The van der Waals surface area contributed by atoms with Crippen molar-refractivity contribution in [2.75, 3.05) is 44.7 Å². The van der Waals surface area contributed by atoms with Gasteiger partial charge in [-0.2, -0.15) is 0 Å². The van der Waals surface area contributed by atoms with E-state index in [9.17, 15) is 9.59 Å². The topological polar surface area (TPSA) is 81.3 Å². The average Bonchev–Trinajstić information content (AvgIpc) is 2.62. The van der Waals surface area contributed by atoms with E-state index < -0.39 is 0 Å². The Morgan fingerprint density at radius 2 is 1.88 bits per heavy atom. The van der Waals surface area contributed by atoms with Crippen molar-refractivity contribution in [1.82, 2.24) is 20.2 Å². The number of nitrogens with zero attached hydrogens (tertiary/aromatic N) is 3. The van der Waals surface area contributed by atoms with Crippen molar-refractivity contribution in [2.45, 2.75) is 13.3 Å². The minimum absolute atomic E-state index is 0.120. The monoisotopic (exact) mass is 355 g/mol. The van der Waals surface area contributed by atoms with Gasteiger partial charge in [-0.3, -0.25) is 9.59 Å². The van der Waals surface area contributed by atoms with Crippen molar-refractivity contribution in [3.8, 4) is 0 Å². The number of carbonyl (C=O) groups is 1. The number of rotatable bonds is 5. The third-order valence-corrected chi connectivity index (χ3v) is 4.56. The smallest absolute Gasteiger partial charge is 0.251 e. The summed E-state index contributed by atoms with van der Waals surface area (Å²) in [5.74, 6) is 0.464. The second kappa shape index (κ2) is 8.14.